The number of hydrogen-bond donors (Lipinski definition) is 0. The zero-order chi connectivity index (χ0) is 31.1. The zero-order valence-corrected chi connectivity index (χ0v) is 26.0. The SMILES string of the molecule is [C-]#[N+]c1ccc2c(c1)[Si](c1ccccc1)(c1ccccc1)c1cc(C#N)ccc1C1C2N=C(c2ccccc2)N1c1ccccc1. The molecule has 0 amide bonds. The summed E-state index contributed by atoms with van der Waals surface area (Å²) in [6.07, 6.45) is 0. The van der Waals surface area contributed by atoms with Gasteiger partial charge in [0.1, 0.15) is 11.9 Å². The molecular weight excluding hydrogens is 577 g/mol. The van der Waals surface area contributed by atoms with Gasteiger partial charge in [-0.3, -0.25) is 4.99 Å². The Hall–Kier alpha value is -6.01. The average molecular weight is 605 g/mol. The molecule has 4 nitrogen and oxygen atoms in total. The summed E-state index contributed by atoms with van der Waals surface area (Å²) in [5.41, 5.74) is 5.60. The van der Waals surface area contributed by atoms with E-state index in [9.17, 15) is 5.26 Å². The fraction of sp³-hybridized carbons (Fsp3) is 0.0488. The van der Waals surface area contributed by atoms with Crippen molar-refractivity contribution < 1.29 is 0 Å². The van der Waals surface area contributed by atoms with Crippen molar-refractivity contribution in [2.75, 3.05) is 4.90 Å². The second kappa shape index (κ2) is 11.2. The van der Waals surface area contributed by atoms with Crippen LogP contribution in [-0.4, -0.2) is 13.9 Å². The number of rotatable bonds is 4. The molecule has 0 fully saturated rings. The lowest BCUT2D eigenvalue weighted by atomic mass is 9.92. The van der Waals surface area contributed by atoms with E-state index in [2.05, 4.69) is 149 Å². The van der Waals surface area contributed by atoms with Crippen LogP contribution in [-0.2, 0) is 0 Å². The van der Waals surface area contributed by atoms with Crippen molar-refractivity contribution in [3.05, 3.63) is 191 Å². The molecule has 2 atom stereocenters. The minimum atomic E-state index is -3.11. The van der Waals surface area contributed by atoms with E-state index in [4.69, 9.17) is 11.6 Å². The molecule has 5 heteroatoms. The van der Waals surface area contributed by atoms with Crippen LogP contribution in [0.1, 0.15) is 34.3 Å². The Morgan fingerprint density at radius 3 is 1.83 bits per heavy atom. The third-order valence-corrected chi connectivity index (χ3v) is 14.2. The van der Waals surface area contributed by atoms with E-state index < -0.39 is 8.07 Å². The Labute approximate surface area is 270 Å². The van der Waals surface area contributed by atoms with E-state index in [1.807, 2.05) is 24.3 Å². The molecule has 0 radical (unpaired) electrons. The van der Waals surface area contributed by atoms with Crippen LogP contribution in [0.5, 0.6) is 0 Å². The van der Waals surface area contributed by atoms with Crippen molar-refractivity contribution in [3.8, 4) is 6.07 Å². The summed E-state index contributed by atoms with van der Waals surface area (Å²) in [4.78, 5) is 11.9. The first-order valence-electron chi connectivity index (χ1n) is 15.4. The normalized spacial score (nSPS) is 17.3. The van der Waals surface area contributed by atoms with E-state index in [-0.39, 0.29) is 12.1 Å². The van der Waals surface area contributed by atoms with Crippen LogP contribution in [0.4, 0.5) is 11.4 Å². The average Bonchev–Trinajstić information content (AvgIpc) is 3.50. The van der Waals surface area contributed by atoms with E-state index in [0.29, 0.717) is 11.3 Å². The maximum Gasteiger partial charge on any atom is 0.187 e. The van der Waals surface area contributed by atoms with Gasteiger partial charge in [0.25, 0.3) is 0 Å². The monoisotopic (exact) mass is 604 g/mol. The number of hydrogen-bond acceptors (Lipinski definition) is 3. The molecule has 0 N–H and O–H groups in total. The summed E-state index contributed by atoms with van der Waals surface area (Å²) in [7, 11) is -3.11. The Morgan fingerprint density at radius 1 is 0.652 bits per heavy atom. The molecule has 216 valence electrons. The zero-order valence-electron chi connectivity index (χ0n) is 25.0. The fourth-order valence-corrected chi connectivity index (χ4v) is 12.8. The maximum absolute atomic E-state index is 10.3. The van der Waals surface area contributed by atoms with Crippen molar-refractivity contribution in [3.63, 3.8) is 0 Å². The molecule has 0 aromatic heterocycles. The van der Waals surface area contributed by atoms with Crippen LogP contribution >= 0.6 is 0 Å². The summed E-state index contributed by atoms with van der Waals surface area (Å²) in [6, 6.07) is 56.8. The summed E-state index contributed by atoms with van der Waals surface area (Å²) in [6.45, 7) is 8.06. The number of aliphatic imine (C=N–C) groups is 1. The minimum Gasteiger partial charge on any atom is -0.316 e. The van der Waals surface area contributed by atoms with Crippen LogP contribution in [0.25, 0.3) is 4.85 Å². The number of fused-ring (bicyclic) bond motifs is 5. The molecule has 0 bridgehead atoms. The lowest BCUT2D eigenvalue weighted by Crippen LogP contribution is -2.75. The lowest BCUT2D eigenvalue weighted by molar-refractivity contribution is 0.618. The Bertz CT molecular complexity index is 2140. The molecule has 46 heavy (non-hydrogen) atoms. The van der Waals surface area contributed by atoms with E-state index in [1.54, 1.807) is 0 Å². The Morgan fingerprint density at radius 2 is 1.22 bits per heavy atom. The first-order valence-corrected chi connectivity index (χ1v) is 17.4. The first-order chi connectivity index (χ1) is 22.7. The van der Waals surface area contributed by atoms with Crippen LogP contribution in [0.3, 0.4) is 0 Å². The summed E-state index contributed by atoms with van der Waals surface area (Å²) >= 11 is 0. The fourth-order valence-electron chi connectivity index (χ4n) is 7.47. The van der Waals surface area contributed by atoms with Gasteiger partial charge in [-0.25, -0.2) is 4.85 Å². The molecule has 0 saturated heterocycles. The number of para-hydroxylation sites is 1. The topological polar surface area (TPSA) is 43.8 Å². The predicted molar refractivity (Wildman–Crippen MR) is 188 cm³/mol. The van der Waals surface area contributed by atoms with Crippen molar-refractivity contribution >= 4 is 46.0 Å². The van der Waals surface area contributed by atoms with Crippen LogP contribution in [0.15, 0.2) is 163 Å². The molecule has 2 aliphatic rings. The number of anilines is 1. The van der Waals surface area contributed by atoms with Gasteiger partial charge in [-0.15, -0.1) is 0 Å². The highest BCUT2D eigenvalue weighted by Gasteiger charge is 2.52. The van der Waals surface area contributed by atoms with Gasteiger partial charge in [0.05, 0.1) is 24.2 Å². The third kappa shape index (κ3) is 4.14. The number of nitriles is 1. The number of nitrogens with zero attached hydrogens (tertiary/aromatic N) is 4. The Balaban J connectivity index is 1.57. The van der Waals surface area contributed by atoms with Crippen LogP contribution < -0.4 is 25.6 Å². The lowest BCUT2D eigenvalue weighted by Gasteiger charge is -2.37. The first kappa shape index (κ1) is 27.5. The number of benzene rings is 6. The van der Waals surface area contributed by atoms with E-state index >= 15 is 0 Å². The molecule has 2 aliphatic heterocycles. The largest absolute Gasteiger partial charge is 0.316 e. The highest BCUT2D eigenvalue weighted by molar-refractivity contribution is 7.20. The minimum absolute atomic E-state index is 0.181. The molecular formula is C41H28N4Si. The Kier molecular flexibility index (Phi) is 6.68. The number of amidine groups is 1. The second-order valence-electron chi connectivity index (χ2n) is 11.7. The quantitative estimate of drug-likeness (QED) is 0.169. The van der Waals surface area contributed by atoms with Gasteiger partial charge in [0, 0.05) is 11.3 Å². The van der Waals surface area contributed by atoms with Crippen molar-refractivity contribution in [2.45, 2.75) is 12.1 Å². The molecule has 8 rings (SSSR count). The predicted octanol–water partition coefficient (Wildman–Crippen LogP) is 6.55. The van der Waals surface area contributed by atoms with Gasteiger partial charge in [-0.2, -0.15) is 5.26 Å². The second-order valence-corrected chi connectivity index (χ2v) is 15.4. The van der Waals surface area contributed by atoms with Crippen LogP contribution in [0.2, 0.25) is 0 Å². The molecule has 0 spiro atoms. The summed E-state index contributed by atoms with van der Waals surface area (Å²) in [5.74, 6) is 0.908. The highest BCUT2D eigenvalue weighted by atomic mass is 28.3. The van der Waals surface area contributed by atoms with Crippen LogP contribution in [0, 0.1) is 17.9 Å². The standard InChI is InChI=1S/C41H28N4Si/c1-43-31-23-25-35-38(27-31)46(33-18-10-4-11-19-33,34-20-12-5-13-21-34)37-26-29(28-42)22-24-36(37)40-39(35)44-41(30-14-6-2-7-15-30)45(40)32-16-8-3-9-17-32/h2-27,39-40H. The molecule has 6 aromatic rings. The van der Waals surface area contributed by atoms with Gasteiger partial charge < -0.3 is 4.90 Å². The highest BCUT2D eigenvalue weighted by Crippen LogP contribution is 2.47. The smallest absolute Gasteiger partial charge is 0.187 e. The molecule has 0 saturated carbocycles. The van der Waals surface area contributed by atoms with Gasteiger partial charge in [-0.1, -0.05) is 139 Å². The summed E-state index contributed by atoms with van der Waals surface area (Å²) < 4.78 is 0. The van der Waals surface area contributed by atoms with Crippen molar-refractivity contribution in [1.82, 2.24) is 0 Å². The molecule has 2 unspecified atom stereocenters. The molecule has 0 aliphatic carbocycles. The van der Waals surface area contributed by atoms with Crippen molar-refractivity contribution in [2.24, 2.45) is 4.99 Å². The van der Waals surface area contributed by atoms with Crippen molar-refractivity contribution in [1.29, 1.82) is 5.26 Å². The van der Waals surface area contributed by atoms with Gasteiger partial charge in [-0.05, 0) is 51.0 Å². The van der Waals surface area contributed by atoms with Gasteiger partial charge in [0.15, 0.2) is 13.8 Å². The van der Waals surface area contributed by atoms with Gasteiger partial charge >= 0.3 is 0 Å². The molecule has 6 aromatic carbocycles. The van der Waals surface area contributed by atoms with E-state index in [0.717, 1.165) is 38.6 Å². The van der Waals surface area contributed by atoms with Gasteiger partial charge in [0.2, 0.25) is 0 Å². The van der Waals surface area contributed by atoms with E-state index in [1.165, 1.54) is 10.4 Å². The maximum atomic E-state index is 10.3. The third-order valence-electron chi connectivity index (χ3n) is 9.34. The molecule has 2 heterocycles. The summed E-state index contributed by atoms with van der Waals surface area (Å²) in [5, 5.41) is 15.0.